The van der Waals surface area contributed by atoms with Gasteiger partial charge >= 0.3 is 5.97 Å². The molecule has 1 aromatic heterocycles. The summed E-state index contributed by atoms with van der Waals surface area (Å²) in [6, 6.07) is 15.4. The van der Waals surface area contributed by atoms with Crippen molar-refractivity contribution in [1.82, 2.24) is 19.4 Å². The van der Waals surface area contributed by atoms with Crippen LogP contribution in [0.1, 0.15) is 40.4 Å². The first-order valence-electron chi connectivity index (χ1n) is 12.8. The molecule has 8 nitrogen and oxygen atoms in total. The first-order valence-corrected chi connectivity index (χ1v) is 13.6. The number of aromatic nitrogens is 2. The number of nitrogens with zero attached hydrogens (tertiary/aromatic N) is 5. The summed E-state index contributed by atoms with van der Waals surface area (Å²) in [6.45, 7) is 8.45. The molecule has 1 N–H and O–H groups in total. The van der Waals surface area contributed by atoms with E-state index in [0.717, 1.165) is 25.2 Å². The van der Waals surface area contributed by atoms with E-state index in [9.17, 15) is 14.7 Å². The number of aromatic carboxylic acids is 1. The molecule has 1 unspecified atom stereocenters. The Balaban J connectivity index is 1.46. The first-order chi connectivity index (χ1) is 17.9. The van der Waals surface area contributed by atoms with Crippen LogP contribution in [0, 0.1) is 6.92 Å². The molecule has 2 aromatic carbocycles. The second kappa shape index (κ2) is 11.2. The van der Waals surface area contributed by atoms with Crippen LogP contribution in [0.5, 0.6) is 0 Å². The highest BCUT2D eigenvalue weighted by Gasteiger charge is 2.31. The van der Waals surface area contributed by atoms with Gasteiger partial charge in [0.05, 0.1) is 17.3 Å². The fourth-order valence-corrected chi connectivity index (χ4v) is 5.76. The molecule has 0 spiro atoms. The number of carbonyl (C=O) groups is 1. The summed E-state index contributed by atoms with van der Waals surface area (Å²) in [6.07, 6.45) is 4.18. The number of likely N-dealkylation sites (tertiary alicyclic amines) is 1. The van der Waals surface area contributed by atoms with Gasteiger partial charge in [-0.3, -0.25) is 14.3 Å². The highest BCUT2D eigenvalue weighted by atomic mass is 79.9. The van der Waals surface area contributed by atoms with Crippen LogP contribution in [0.15, 0.2) is 64.1 Å². The number of carboxylic acids is 1. The van der Waals surface area contributed by atoms with E-state index in [2.05, 4.69) is 59.9 Å². The average Bonchev–Trinajstić information content (AvgIpc) is 3.43. The molecule has 0 aliphatic carbocycles. The third kappa shape index (κ3) is 5.63. The summed E-state index contributed by atoms with van der Waals surface area (Å²) >= 11 is 3.49. The Morgan fingerprint density at radius 2 is 1.81 bits per heavy atom. The zero-order valence-electron chi connectivity index (χ0n) is 21.0. The molecular weight excluding hydrogens is 534 g/mol. The highest BCUT2D eigenvalue weighted by Crippen LogP contribution is 2.28. The van der Waals surface area contributed by atoms with E-state index < -0.39 is 5.97 Å². The van der Waals surface area contributed by atoms with Crippen molar-refractivity contribution in [3.63, 3.8) is 0 Å². The normalized spacial score (nSPS) is 18.9. The molecule has 37 heavy (non-hydrogen) atoms. The van der Waals surface area contributed by atoms with Crippen molar-refractivity contribution in [2.45, 2.75) is 25.8 Å². The molecule has 0 bridgehead atoms. The lowest BCUT2D eigenvalue weighted by molar-refractivity contribution is 0.0697. The van der Waals surface area contributed by atoms with Crippen LogP contribution in [0.25, 0.3) is 5.69 Å². The number of halogens is 1. The molecule has 2 aliphatic rings. The number of anilines is 1. The number of piperazine rings is 1. The van der Waals surface area contributed by atoms with Crippen molar-refractivity contribution in [3.8, 4) is 5.69 Å². The molecule has 9 heteroatoms. The van der Waals surface area contributed by atoms with Crippen LogP contribution in [0.4, 0.5) is 5.82 Å². The second-order valence-electron chi connectivity index (χ2n) is 9.83. The molecule has 0 saturated carbocycles. The summed E-state index contributed by atoms with van der Waals surface area (Å²) in [7, 11) is 0. The van der Waals surface area contributed by atoms with E-state index in [1.807, 2.05) is 13.0 Å². The molecule has 0 amide bonds. The largest absolute Gasteiger partial charge is 0.478 e. The van der Waals surface area contributed by atoms with Crippen LogP contribution in [-0.2, 0) is 0 Å². The molecule has 2 saturated heterocycles. The second-order valence-corrected chi connectivity index (χ2v) is 10.6. The number of rotatable bonds is 7. The lowest BCUT2D eigenvalue weighted by Crippen LogP contribution is -2.51. The van der Waals surface area contributed by atoms with Crippen LogP contribution < -0.4 is 10.5 Å². The number of benzene rings is 2. The van der Waals surface area contributed by atoms with Gasteiger partial charge in [-0.1, -0.05) is 36.4 Å². The summed E-state index contributed by atoms with van der Waals surface area (Å²) in [5, 5.41) is 9.48. The SMILES string of the molecule is Cc1ccc(C(=O)O)cc1-n1cc(Br)nc(N2CCN(CCN3CCCC3)C(c3ccccc3)C2)c1=O. The van der Waals surface area contributed by atoms with Gasteiger partial charge in [-0.25, -0.2) is 9.78 Å². The number of carboxylic acid groups (broad SMARTS) is 1. The van der Waals surface area contributed by atoms with Gasteiger partial charge in [-0.2, -0.15) is 0 Å². The first kappa shape index (κ1) is 25.6. The van der Waals surface area contributed by atoms with Gasteiger partial charge in [-0.15, -0.1) is 0 Å². The minimum Gasteiger partial charge on any atom is -0.478 e. The Labute approximate surface area is 225 Å². The van der Waals surface area contributed by atoms with E-state index in [1.54, 1.807) is 24.4 Å². The molecule has 3 aromatic rings. The van der Waals surface area contributed by atoms with Crippen molar-refractivity contribution in [2.24, 2.45) is 0 Å². The quantitative estimate of drug-likeness (QED) is 0.464. The van der Waals surface area contributed by atoms with E-state index >= 15 is 0 Å². The van der Waals surface area contributed by atoms with Crippen molar-refractivity contribution < 1.29 is 9.90 Å². The molecule has 2 fully saturated rings. The van der Waals surface area contributed by atoms with Crippen LogP contribution in [0.2, 0.25) is 0 Å². The van der Waals surface area contributed by atoms with Gasteiger partial charge in [0.2, 0.25) is 0 Å². The van der Waals surface area contributed by atoms with Crippen molar-refractivity contribution in [1.29, 1.82) is 0 Å². The van der Waals surface area contributed by atoms with E-state index in [-0.39, 0.29) is 17.2 Å². The zero-order chi connectivity index (χ0) is 25.9. The Bertz CT molecular complexity index is 1320. The number of hydrogen-bond acceptors (Lipinski definition) is 6. The fraction of sp³-hybridized carbons (Fsp3) is 0.393. The average molecular weight is 567 g/mol. The summed E-state index contributed by atoms with van der Waals surface area (Å²) in [4.78, 5) is 37.1. The minimum atomic E-state index is -1.03. The third-order valence-electron chi connectivity index (χ3n) is 7.45. The van der Waals surface area contributed by atoms with Gasteiger partial charge in [0.15, 0.2) is 5.82 Å². The maximum atomic E-state index is 13.7. The lowest BCUT2D eigenvalue weighted by atomic mass is 10.0. The Morgan fingerprint density at radius 3 is 2.54 bits per heavy atom. The van der Waals surface area contributed by atoms with Crippen molar-refractivity contribution >= 4 is 27.7 Å². The maximum absolute atomic E-state index is 13.7. The Kier molecular flexibility index (Phi) is 7.73. The maximum Gasteiger partial charge on any atom is 0.335 e. The molecule has 5 rings (SSSR count). The summed E-state index contributed by atoms with van der Waals surface area (Å²) < 4.78 is 2.03. The van der Waals surface area contributed by atoms with Crippen LogP contribution >= 0.6 is 15.9 Å². The van der Waals surface area contributed by atoms with Crippen molar-refractivity contribution in [2.75, 3.05) is 50.7 Å². The van der Waals surface area contributed by atoms with E-state index in [1.165, 1.54) is 36.1 Å². The van der Waals surface area contributed by atoms with E-state index in [4.69, 9.17) is 0 Å². The fourth-order valence-electron chi connectivity index (χ4n) is 5.39. The molecular formula is C28H32BrN5O3. The predicted molar refractivity (Wildman–Crippen MR) is 148 cm³/mol. The molecule has 3 heterocycles. The standard InChI is InChI=1S/C28H32BrN5O3/c1-20-9-10-22(28(36)37)17-23(20)34-19-25(29)30-26(27(34)35)33-16-15-32(14-13-31-11-5-6-12-31)24(18-33)21-7-3-2-4-8-21/h2-4,7-10,17,19,24H,5-6,11-16,18H2,1H3,(H,36,37). The number of hydrogen-bond donors (Lipinski definition) is 1. The van der Waals surface area contributed by atoms with Crippen LogP contribution in [-0.4, -0.2) is 76.2 Å². The summed E-state index contributed by atoms with van der Waals surface area (Å²) in [5.41, 5.74) is 2.46. The highest BCUT2D eigenvalue weighted by molar-refractivity contribution is 9.10. The van der Waals surface area contributed by atoms with Gasteiger partial charge < -0.3 is 14.9 Å². The minimum absolute atomic E-state index is 0.137. The molecule has 1 atom stereocenters. The van der Waals surface area contributed by atoms with Gasteiger partial charge in [0, 0.05) is 38.9 Å². The molecule has 2 aliphatic heterocycles. The molecule has 0 radical (unpaired) electrons. The topological polar surface area (TPSA) is 81.9 Å². The van der Waals surface area contributed by atoms with Crippen molar-refractivity contribution in [3.05, 3.63) is 86.4 Å². The van der Waals surface area contributed by atoms with Gasteiger partial charge in [0.1, 0.15) is 4.60 Å². The Hall–Kier alpha value is -3.01. The third-order valence-corrected chi connectivity index (χ3v) is 7.83. The number of aryl methyl sites for hydroxylation is 1. The van der Waals surface area contributed by atoms with Gasteiger partial charge in [-0.05, 0) is 72.0 Å². The molecule has 194 valence electrons. The van der Waals surface area contributed by atoms with Crippen LogP contribution in [0.3, 0.4) is 0 Å². The van der Waals surface area contributed by atoms with Gasteiger partial charge in [0.25, 0.3) is 5.56 Å². The predicted octanol–water partition coefficient (Wildman–Crippen LogP) is 3.96. The zero-order valence-corrected chi connectivity index (χ0v) is 22.6. The van der Waals surface area contributed by atoms with E-state index in [0.29, 0.717) is 29.2 Å². The lowest BCUT2D eigenvalue weighted by Gasteiger charge is -2.42. The Morgan fingerprint density at radius 1 is 1.05 bits per heavy atom. The monoisotopic (exact) mass is 565 g/mol. The smallest absolute Gasteiger partial charge is 0.335 e. The summed E-state index contributed by atoms with van der Waals surface area (Å²) in [5.74, 6) is -0.659.